The lowest BCUT2D eigenvalue weighted by molar-refractivity contribution is -0.148. The van der Waals surface area contributed by atoms with Crippen molar-refractivity contribution in [3.63, 3.8) is 0 Å². The Bertz CT molecular complexity index is 972. The average Bonchev–Trinajstić information content (AvgIpc) is 3.41. The second-order valence-electron chi connectivity index (χ2n) is 8.21. The fourth-order valence-electron chi connectivity index (χ4n) is 5.17. The molecule has 0 saturated heterocycles. The molecule has 4 rings (SSSR count). The van der Waals surface area contributed by atoms with E-state index in [4.69, 9.17) is 0 Å². The number of carbonyl (C=O) groups is 2. The Balaban J connectivity index is 1.54. The molecule has 2 saturated carbocycles. The molecule has 2 aromatic rings. The van der Waals surface area contributed by atoms with Gasteiger partial charge in [0, 0.05) is 10.9 Å². The minimum Gasteiger partial charge on any atom is -0.481 e. The lowest BCUT2D eigenvalue weighted by atomic mass is 9.79. The zero-order valence-corrected chi connectivity index (χ0v) is 17.8. The highest BCUT2D eigenvalue weighted by Crippen LogP contribution is 2.57. The van der Waals surface area contributed by atoms with Gasteiger partial charge < -0.3 is 10.4 Å². The average molecular weight is 411 g/mol. The molecule has 5 nitrogen and oxygen atoms in total. The van der Waals surface area contributed by atoms with Crippen LogP contribution in [0.15, 0.2) is 40.8 Å². The predicted octanol–water partition coefficient (Wildman–Crippen LogP) is 5.00. The van der Waals surface area contributed by atoms with E-state index in [-0.39, 0.29) is 17.7 Å². The Hall–Kier alpha value is -2.47. The van der Waals surface area contributed by atoms with E-state index in [0.717, 1.165) is 36.1 Å². The van der Waals surface area contributed by atoms with Gasteiger partial charge >= 0.3 is 5.97 Å². The van der Waals surface area contributed by atoms with Gasteiger partial charge in [-0.3, -0.25) is 9.59 Å². The Kier molecular flexibility index (Phi) is 5.30. The number of aromatic nitrogens is 1. The number of anilines is 1. The van der Waals surface area contributed by atoms with Crippen LogP contribution in [-0.2, 0) is 16.0 Å². The van der Waals surface area contributed by atoms with Crippen LogP contribution >= 0.6 is 11.3 Å². The number of fused-ring (bicyclic) bond motifs is 2. The molecular weight excluding hydrogens is 384 g/mol. The van der Waals surface area contributed by atoms with Crippen LogP contribution in [0.25, 0.3) is 11.3 Å². The summed E-state index contributed by atoms with van der Waals surface area (Å²) >= 11 is 1.38. The smallest absolute Gasteiger partial charge is 0.307 e. The van der Waals surface area contributed by atoms with E-state index < -0.39 is 17.8 Å². The van der Waals surface area contributed by atoms with E-state index in [1.54, 1.807) is 0 Å². The maximum atomic E-state index is 13.1. The van der Waals surface area contributed by atoms with Gasteiger partial charge in [-0.2, -0.15) is 0 Å². The summed E-state index contributed by atoms with van der Waals surface area (Å²) in [7, 11) is 0. The maximum Gasteiger partial charge on any atom is 0.307 e. The molecule has 2 aliphatic rings. The Morgan fingerprint density at radius 2 is 1.79 bits per heavy atom. The van der Waals surface area contributed by atoms with E-state index >= 15 is 0 Å². The van der Waals surface area contributed by atoms with Gasteiger partial charge in [0.1, 0.15) is 0 Å². The molecule has 29 heavy (non-hydrogen) atoms. The van der Waals surface area contributed by atoms with Gasteiger partial charge in [-0.15, -0.1) is 11.3 Å². The van der Waals surface area contributed by atoms with Crippen molar-refractivity contribution in [2.75, 3.05) is 5.32 Å². The molecule has 0 spiro atoms. The Labute approximate surface area is 174 Å². The summed E-state index contributed by atoms with van der Waals surface area (Å²) < 4.78 is 0. The highest BCUT2D eigenvalue weighted by molar-refractivity contribution is 7.14. The number of aliphatic carboxylic acids is 1. The van der Waals surface area contributed by atoms with E-state index in [1.807, 2.05) is 31.4 Å². The second-order valence-corrected chi connectivity index (χ2v) is 9.07. The molecule has 0 radical (unpaired) electrons. The van der Waals surface area contributed by atoms with E-state index in [1.165, 1.54) is 22.5 Å². The summed E-state index contributed by atoms with van der Waals surface area (Å²) in [5.74, 6) is -2.22. The van der Waals surface area contributed by atoms with Crippen LogP contribution in [0.2, 0.25) is 0 Å². The van der Waals surface area contributed by atoms with Crippen LogP contribution in [0.3, 0.4) is 0 Å². The number of rotatable bonds is 5. The fourth-order valence-corrected chi connectivity index (χ4v) is 5.89. The first-order chi connectivity index (χ1) is 13.9. The van der Waals surface area contributed by atoms with Crippen molar-refractivity contribution in [1.82, 2.24) is 4.98 Å². The fraction of sp³-hybridized carbons (Fsp3) is 0.435. The van der Waals surface area contributed by atoms with E-state index in [2.05, 4.69) is 29.4 Å². The molecule has 0 aliphatic heterocycles. The van der Waals surface area contributed by atoms with Crippen molar-refractivity contribution < 1.29 is 14.7 Å². The van der Waals surface area contributed by atoms with Crippen molar-refractivity contribution in [3.8, 4) is 11.3 Å². The molecule has 6 heteroatoms. The number of benzene rings is 1. The maximum absolute atomic E-state index is 13.1. The number of carboxylic acids is 1. The van der Waals surface area contributed by atoms with Gasteiger partial charge in [0.15, 0.2) is 5.13 Å². The molecule has 2 bridgehead atoms. The summed E-state index contributed by atoms with van der Waals surface area (Å²) in [4.78, 5) is 29.6. The van der Waals surface area contributed by atoms with Gasteiger partial charge in [0.25, 0.3) is 0 Å². The van der Waals surface area contributed by atoms with Crippen molar-refractivity contribution in [3.05, 3.63) is 46.4 Å². The van der Waals surface area contributed by atoms with Gasteiger partial charge in [-0.1, -0.05) is 42.3 Å². The van der Waals surface area contributed by atoms with Crippen LogP contribution in [0, 0.1) is 23.7 Å². The first kappa shape index (κ1) is 19.8. The summed E-state index contributed by atoms with van der Waals surface area (Å²) in [6.45, 7) is 6.17. The molecule has 0 unspecified atom stereocenters. The van der Waals surface area contributed by atoms with Crippen molar-refractivity contribution in [2.24, 2.45) is 23.7 Å². The molecule has 2 N–H and O–H groups in total. The number of thiazole rings is 1. The van der Waals surface area contributed by atoms with Crippen LogP contribution in [0.1, 0.15) is 39.2 Å². The molecule has 1 aromatic carbocycles. The van der Waals surface area contributed by atoms with Crippen molar-refractivity contribution in [1.29, 1.82) is 0 Å². The van der Waals surface area contributed by atoms with E-state index in [9.17, 15) is 14.7 Å². The first-order valence-corrected chi connectivity index (χ1v) is 11.0. The summed E-state index contributed by atoms with van der Waals surface area (Å²) in [6, 6.07) is 8.25. The van der Waals surface area contributed by atoms with Crippen LogP contribution in [-0.4, -0.2) is 22.0 Å². The van der Waals surface area contributed by atoms with Gasteiger partial charge in [-0.05, 0) is 50.5 Å². The number of carbonyl (C=O) groups excluding carboxylic acids is 1. The topological polar surface area (TPSA) is 79.3 Å². The number of carboxylic acid groups (broad SMARTS) is 1. The van der Waals surface area contributed by atoms with Crippen LogP contribution in [0.4, 0.5) is 5.13 Å². The number of allylic oxidation sites excluding steroid dienone is 2. The van der Waals surface area contributed by atoms with Crippen molar-refractivity contribution >= 4 is 28.3 Å². The molecule has 2 aliphatic carbocycles. The number of aryl methyl sites for hydroxylation is 1. The van der Waals surface area contributed by atoms with E-state index in [0.29, 0.717) is 5.13 Å². The normalized spacial score (nSPS) is 25.3. The number of hydrogen-bond donors (Lipinski definition) is 2. The lowest BCUT2D eigenvalue weighted by Crippen LogP contribution is -2.37. The molecule has 4 atom stereocenters. The second kappa shape index (κ2) is 7.75. The standard InChI is InChI=1S/C23H26N2O3S/c1-4-13-5-7-14(8-6-13)17-11-29-23(24-17)25-21(26)19-15-9-10-16(18(15)12(2)3)20(19)22(27)28/h5-8,11,15-16,19-20H,4,9-10H2,1-3H3,(H,27,28)(H,24,25,26)/t15-,16-,19+,20+/m1/s1. The zero-order chi connectivity index (χ0) is 20.7. The van der Waals surface area contributed by atoms with Gasteiger partial charge in [0.05, 0.1) is 17.5 Å². The molecule has 2 fully saturated rings. The first-order valence-electron chi connectivity index (χ1n) is 10.2. The Morgan fingerprint density at radius 1 is 1.14 bits per heavy atom. The molecule has 1 aromatic heterocycles. The van der Waals surface area contributed by atoms with Gasteiger partial charge in [0.2, 0.25) is 5.91 Å². The third-order valence-corrected chi connectivity index (χ3v) is 7.16. The molecular formula is C23H26N2O3S. The summed E-state index contributed by atoms with van der Waals surface area (Å²) in [6.07, 6.45) is 2.74. The van der Waals surface area contributed by atoms with Crippen molar-refractivity contribution in [2.45, 2.75) is 40.0 Å². The zero-order valence-electron chi connectivity index (χ0n) is 16.9. The monoisotopic (exact) mass is 410 g/mol. The highest BCUT2D eigenvalue weighted by atomic mass is 32.1. The predicted molar refractivity (Wildman–Crippen MR) is 115 cm³/mol. The van der Waals surface area contributed by atoms with Crippen LogP contribution < -0.4 is 5.32 Å². The summed E-state index contributed by atoms with van der Waals surface area (Å²) in [5, 5.41) is 15.2. The Morgan fingerprint density at radius 3 is 2.38 bits per heavy atom. The number of nitrogens with zero attached hydrogens (tertiary/aromatic N) is 1. The minimum absolute atomic E-state index is 0.0119. The largest absolute Gasteiger partial charge is 0.481 e. The summed E-state index contributed by atoms with van der Waals surface area (Å²) in [5.41, 5.74) is 5.44. The molecule has 1 amide bonds. The lowest BCUT2D eigenvalue weighted by Gasteiger charge is -2.25. The number of amides is 1. The quantitative estimate of drug-likeness (QED) is 0.680. The minimum atomic E-state index is -0.869. The molecule has 1 heterocycles. The van der Waals surface area contributed by atoms with Gasteiger partial charge in [-0.25, -0.2) is 4.98 Å². The van der Waals surface area contributed by atoms with Crippen LogP contribution in [0.5, 0.6) is 0 Å². The third kappa shape index (κ3) is 3.50. The third-order valence-electron chi connectivity index (χ3n) is 6.40. The number of hydrogen-bond acceptors (Lipinski definition) is 4. The molecule has 152 valence electrons. The number of nitrogens with one attached hydrogen (secondary N) is 1. The highest BCUT2D eigenvalue weighted by Gasteiger charge is 2.57. The SMILES string of the molecule is CCc1ccc(-c2csc(NC(=O)[C@@H]3[C@@H](C(=O)O)[C@@H]4CC[C@@H]3C4=C(C)C)n2)cc1.